The molecular weight excluding hydrogens is 698 g/mol. The maximum Gasteiger partial charge on any atom is 0.407 e. The Morgan fingerprint density at radius 2 is 1.64 bits per heavy atom. The van der Waals surface area contributed by atoms with Crippen molar-refractivity contribution >= 4 is 40.4 Å². The molecule has 14 heteroatoms. The normalized spacial score (nSPS) is 20.1. The molecule has 2 bridgehead atoms. The maximum atomic E-state index is 17.1. The van der Waals surface area contributed by atoms with Crippen molar-refractivity contribution in [1.29, 1.82) is 0 Å². The van der Waals surface area contributed by atoms with Gasteiger partial charge in [-0.25, -0.2) is 29.1 Å². The van der Waals surface area contributed by atoms with E-state index in [2.05, 4.69) is 14.8 Å². The van der Waals surface area contributed by atoms with E-state index < -0.39 is 18.0 Å². The average molecular weight is 738 g/mol. The predicted molar refractivity (Wildman–Crippen MR) is 201 cm³/mol. The minimum absolute atomic E-state index is 0.0174. The Balaban J connectivity index is 1.24. The number of fused-ring (bicyclic) bond motifs is 5. The predicted octanol–water partition coefficient (Wildman–Crippen LogP) is 6.96. The molecular formula is C39H40FN7O5S. The van der Waals surface area contributed by atoms with Crippen LogP contribution in [0.5, 0.6) is 17.4 Å². The van der Waals surface area contributed by atoms with Gasteiger partial charge < -0.3 is 29.1 Å². The maximum absolute atomic E-state index is 17.1. The molecule has 53 heavy (non-hydrogen) atoms. The number of aryl methyl sites for hydroxylation is 1. The Labute approximate surface area is 310 Å². The fourth-order valence-electron chi connectivity index (χ4n) is 8.03. The number of anilines is 2. The highest BCUT2D eigenvalue weighted by Gasteiger charge is 2.53. The van der Waals surface area contributed by atoms with Crippen LogP contribution in [0.15, 0.2) is 65.8 Å². The highest BCUT2D eigenvalue weighted by molar-refractivity contribution is 7.98. The van der Waals surface area contributed by atoms with Gasteiger partial charge in [0.15, 0.2) is 11.0 Å². The molecule has 0 saturated carbocycles. The van der Waals surface area contributed by atoms with Crippen LogP contribution in [0.2, 0.25) is 0 Å². The number of piperazine rings is 1. The molecule has 2 fully saturated rings. The number of rotatable bonds is 9. The minimum Gasteiger partial charge on any atom is -0.497 e. The van der Waals surface area contributed by atoms with E-state index >= 15 is 4.39 Å². The van der Waals surface area contributed by atoms with E-state index in [4.69, 9.17) is 29.2 Å². The largest absolute Gasteiger partial charge is 0.497 e. The standard InChI is InChI=1S/C39H40FN7O5S/c1-21-16-28(41-30(17-21)45(18-23-6-11-26(50-3)12-7-23)19-24-8-13-27(51-4)14-9-24)33-32(40)34-31-36(44-38(43-34)53-5)46-20-25-10-15-29(47(25)39(48)49)35(46)22(2)52-37(31)42-33/h6-9,11-14,16-17,22,25,29,35H,10,15,18-20H2,1-5H3,(H,48,49). The van der Waals surface area contributed by atoms with E-state index in [1.54, 1.807) is 19.1 Å². The summed E-state index contributed by atoms with van der Waals surface area (Å²) < 4.78 is 34.4. The molecule has 2 saturated heterocycles. The number of amides is 1. The highest BCUT2D eigenvalue weighted by atomic mass is 32.2. The van der Waals surface area contributed by atoms with Gasteiger partial charge in [0.1, 0.15) is 45.8 Å². The summed E-state index contributed by atoms with van der Waals surface area (Å²) in [4.78, 5) is 37.6. The molecule has 0 spiro atoms. The molecule has 3 aromatic heterocycles. The zero-order valence-corrected chi connectivity index (χ0v) is 30.9. The second-order valence-electron chi connectivity index (χ2n) is 13.7. The molecule has 3 aliphatic rings. The zero-order chi connectivity index (χ0) is 37.0. The summed E-state index contributed by atoms with van der Waals surface area (Å²) in [5.74, 6) is 2.28. The van der Waals surface area contributed by atoms with E-state index in [1.165, 1.54) is 11.8 Å². The lowest BCUT2D eigenvalue weighted by Gasteiger charge is -2.47. The third-order valence-corrected chi connectivity index (χ3v) is 11.0. The zero-order valence-electron chi connectivity index (χ0n) is 30.1. The van der Waals surface area contributed by atoms with Gasteiger partial charge in [-0.2, -0.15) is 0 Å². The number of pyridine rings is 2. The number of nitrogens with zero attached hydrogens (tertiary/aromatic N) is 7. The number of hydrogen-bond acceptors (Lipinski definition) is 11. The Morgan fingerprint density at radius 1 is 0.981 bits per heavy atom. The quantitative estimate of drug-likeness (QED) is 0.124. The van der Waals surface area contributed by atoms with Gasteiger partial charge in [0.05, 0.1) is 38.0 Å². The van der Waals surface area contributed by atoms with Crippen LogP contribution in [0.3, 0.4) is 0 Å². The number of hydrogen-bond donors (Lipinski definition) is 1. The molecule has 5 aromatic rings. The number of carboxylic acid groups (broad SMARTS) is 1. The van der Waals surface area contributed by atoms with Crippen molar-refractivity contribution in [3.63, 3.8) is 0 Å². The van der Waals surface area contributed by atoms with Gasteiger partial charge in [-0.3, -0.25) is 4.90 Å². The van der Waals surface area contributed by atoms with E-state index in [1.807, 2.05) is 80.8 Å². The van der Waals surface area contributed by atoms with Crippen molar-refractivity contribution < 1.29 is 28.5 Å². The second-order valence-corrected chi connectivity index (χ2v) is 14.5. The van der Waals surface area contributed by atoms with Crippen LogP contribution >= 0.6 is 11.8 Å². The smallest absolute Gasteiger partial charge is 0.407 e. The third kappa shape index (κ3) is 6.28. The Bertz CT molecular complexity index is 2140. The summed E-state index contributed by atoms with van der Waals surface area (Å²) in [6.45, 7) is 5.33. The first-order valence-corrected chi connectivity index (χ1v) is 18.8. The average Bonchev–Trinajstić information content (AvgIpc) is 3.42. The molecule has 3 aliphatic heterocycles. The second kappa shape index (κ2) is 13.9. The number of methoxy groups -OCH3 is 2. The minimum atomic E-state index is -0.940. The van der Waals surface area contributed by atoms with E-state index in [-0.39, 0.29) is 35.2 Å². The number of carbonyl (C=O) groups is 1. The third-order valence-electron chi connectivity index (χ3n) is 10.5. The van der Waals surface area contributed by atoms with Gasteiger partial charge in [0.2, 0.25) is 5.88 Å². The highest BCUT2D eigenvalue weighted by Crippen LogP contribution is 2.46. The first-order chi connectivity index (χ1) is 25.6. The molecule has 6 heterocycles. The molecule has 1 N–H and O–H groups in total. The van der Waals surface area contributed by atoms with Gasteiger partial charge in [0, 0.05) is 19.6 Å². The van der Waals surface area contributed by atoms with Crippen molar-refractivity contribution in [2.24, 2.45) is 0 Å². The molecule has 1 amide bonds. The lowest BCUT2D eigenvalue weighted by molar-refractivity contribution is 0.0707. The molecule has 4 atom stereocenters. The van der Waals surface area contributed by atoms with Crippen molar-refractivity contribution in [3.8, 4) is 28.8 Å². The van der Waals surface area contributed by atoms with Crippen LogP contribution < -0.4 is 24.0 Å². The van der Waals surface area contributed by atoms with Crippen molar-refractivity contribution in [2.75, 3.05) is 36.8 Å². The molecule has 274 valence electrons. The molecule has 0 aliphatic carbocycles. The lowest BCUT2D eigenvalue weighted by Crippen LogP contribution is -2.64. The molecule has 4 unspecified atom stereocenters. The summed E-state index contributed by atoms with van der Waals surface area (Å²) in [5.41, 5.74) is 3.41. The fourth-order valence-corrected chi connectivity index (χ4v) is 8.39. The van der Waals surface area contributed by atoms with Crippen molar-refractivity contribution in [3.05, 3.63) is 83.2 Å². The molecule has 8 rings (SSSR count). The number of thioether (sulfide) groups is 1. The Morgan fingerprint density at radius 3 is 2.25 bits per heavy atom. The first kappa shape index (κ1) is 34.7. The summed E-state index contributed by atoms with van der Waals surface area (Å²) in [6.07, 6.45) is 1.88. The molecule has 0 radical (unpaired) electrons. The monoisotopic (exact) mass is 737 g/mol. The van der Waals surface area contributed by atoms with Crippen molar-refractivity contribution in [1.82, 2.24) is 24.8 Å². The summed E-state index contributed by atoms with van der Waals surface area (Å²) in [7, 11) is 3.28. The van der Waals surface area contributed by atoms with Crippen molar-refractivity contribution in [2.45, 2.75) is 69.2 Å². The SMILES string of the molecule is COc1ccc(CN(Cc2ccc(OC)cc2)c2cc(C)cc(-c3nc4c5c(nc(SC)nc5c3F)N3CC5CCC(C3C(C)O4)N5C(=O)O)n2)cc1. The van der Waals surface area contributed by atoms with Crippen LogP contribution in [0.25, 0.3) is 22.3 Å². The number of aromatic nitrogens is 4. The van der Waals surface area contributed by atoms with Gasteiger partial charge in [-0.05, 0) is 86.0 Å². The van der Waals surface area contributed by atoms with Gasteiger partial charge in [-0.15, -0.1) is 0 Å². The fraction of sp³-hybridized carbons (Fsp3) is 0.359. The number of halogens is 1. The molecule has 2 aromatic carbocycles. The Kier molecular flexibility index (Phi) is 9.09. The topological polar surface area (TPSA) is 126 Å². The Hall–Kier alpha value is -5.37. The number of ether oxygens (including phenoxy) is 3. The molecule has 12 nitrogen and oxygen atoms in total. The van der Waals surface area contributed by atoms with Crippen LogP contribution in [0.4, 0.5) is 20.8 Å². The first-order valence-electron chi connectivity index (χ1n) is 17.5. The van der Waals surface area contributed by atoms with Crippen LogP contribution in [-0.4, -0.2) is 87.3 Å². The van der Waals surface area contributed by atoms with Gasteiger partial charge >= 0.3 is 6.09 Å². The number of benzene rings is 2. The lowest BCUT2D eigenvalue weighted by atomic mass is 9.98. The van der Waals surface area contributed by atoms with Crippen LogP contribution in [-0.2, 0) is 13.1 Å². The van der Waals surface area contributed by atoms with Crippen LogP contribution in [0.1, 0.15) is 36.5 Å². The van der Waals surface area contributed by atoms with E-state index in [0.29, 0.717) is 53.9 Å². The summed E-state index contributed by atoms with van der Waals surface area (Å²) >= 11 is 1.32. The van der Waals surface area contributed by atoms with E-state index in [9.17, 15) is 9.90 Å². The summed E-state index contributed by atoms with van der Waals surface area (Å²) in [6, 6.07) is 18.7. The van der Waals surface area contributed by atoms with Gasteiger partial charge in [0.25, 0.3) is 0 Å². The summed E-state index contributed by atoms with van der Waals surface area (Å²) in [5, 5.41) is 10.9. The van der Waals surface area contributed by atoms with Crippen LogP contribution in [0, 0.1) is 12.7 Å². The van der Waals surface area contributed by atoms with E-state index in [0.717, 1.165) is 34.6 Å². The van der Waals surface area contributed by atoms with Gasteiger partial charge in [-0.1, -0.05) is 36.0 Å².